The number of thioether (sulfide) groups is 1. The Labute approximate surface area is 162 Å². The summed E-state index contributed by atoms with van der Waals surface area (Å²) in [4.78, 5) is 12.6. The van der Waals surface area contributed by atoms with Gasteiger partial charge < -0.3 is 4.57 Å². The summed E-state index contributed by atoms with van der Waals surface area (Å²) in [6, 6.07) is 6.80. The van der Waals surface area contributed by atoms with E-state index >= 15 is 0 Å². The largest absolute Gasteiger partial charge is 0.416 e. The Bertz CT molecular complexity index is 992. The van der Waals surface area contributed by atoms with Gasteiger partial charge in [-0.3, -0.25) is 4.79 Å². The number of benzene rings is 1. The highest BCUT2D eigenvalue weighted by Gasteiger charge is 2.30. The normalized spacial score (nSPS) is 11.8. The van der Waals surface area contributed by atoms with E-state index in [4.69, 9.17) is 0 Å². The van der Waals surface area contributed by atoms with Crippen molar-refractivity contribution in [2.75, 3.05) is 5.75 Å². The van der Waals surface area contributed by atoms with E-state index in [1.54, 1.807) is 30.5 Å². The van der Waals surface area contributed by atoms with E-state index in [1.165, 1.54) is 29.2 Å². The predicted octanol–water partition coefficient (Wildman–Crippen LogP) is 5.25. The summed E-state index contributed by atoms with van der Waals surface area (Å²) in [5, 5.41) is 8.71. The molecule has 0 amide bonds. The van der Waals surface area contributed by atoms with E-state index in [-0.39, 0.29) is 11.5 Å². The summed E-state index contributed by atoms with van der Waals surface area (Å²) in [6.07, 6.45) is -4.42. The van der Waals surface area contributed by atoms with Gasteiger partial charge >= 0.3 is 6.18 Å². The molecule has 2 aromatic heterocycles. The lowest BCUT2D eigenvalue weighted by Crippen LogP contribution is -2.08. The van der Waals surface area contributed by atoms with Crippen molar-refractivity contribution in [2.24, 2.45) is 0 Å². The third-order valence-electron chi connectivity index (χ3n) is 4.00. The molecular weight excluding hydrogens is 395 g/mol. The molecule has 0 atom stereocenters. The molecule has 0 aliphatic heterocycles. The van der Waals surface area contributed by atoms with Gasteiger partial charge in [0.05, 0.1) is 11.3 Å². The Kier molecular flexibility index (Phi) is 5.43. The molecule has 4 nitrogen and oxygen atoms in total. The average Bonchev–Trinajstić information content (AvgIpc) is 3.15. The van der Waals surface area contributed by atoms with E-state index in [0.29, 0.717) is 27.0 Å². The Balaban J connectivity index is 1.87. The van der Waals surface area contributed by atoms with Crippen LogP contribution in [0, 0.1) is 20.8 Å². The number of aromatic nitrogens is 3. The first-order valence-corrected chi connectivity index (χ1v) is 9.79. The molecule has 0 aliphatic rings. The Morgan fingerprint density at radius 3 is 2.56 bits per heavy atom. The van der Waals surface area contributed by atoms with E-state index in [9.17, 15) is 18.0 Å². The van der Waals surface area contributed by atoms with Crippen LogP contribution in [0.15, 0.2) is 34.7 Å². The third kappa shape index (κ3) is 4.24. The van der Waals surface area contributed by atoms with Gasteiger partial charge in [-0.1, -0.05) is 29.2 Å². The van der Waals surface area contributed by atoms with Gasteiger partial charge in [0.2, 0.25) is 0 Å². The van der Waals surface area contributed by atoms with Crippen molar-refractivity contribution in [2.45, 2.75) is 31.3 Å². The molecule has 0 saturated heterocycles. The summed E-state index contributed by atoms with van der Waals surface area (Å²) >= 11 is 2.72. The molecule has 0 radical (unpaired) electrons. The number of alkyl halides is 3. The number of nitrogens with zero attached hydrogens (tertiary/aromatic N) is 3. The molecule has 0 spiro atoms. The van der Waals surface area contributed by atoms with Gasteiger partial charge in [0.25, 0.3) is 0 Å². The fraction of sp³-hybridized carbons (Fsp3) is 0.278. The maximum absolute atomic E-state index is 13.0. The van der Waals surface area contributed by atoms with Crippen LogP contribution in [0.4, 0.5) is 13.2 Å². The molecule has 27 heavy (non-hydrogen) atoms. The van der Waals surface area contributed by atoms with Gasteiger partial charge in [-0.05, 0) is 45.0 Å². The standard InChI is InChI=1S/C18H16F3N3OS2/c1-10-7-15(16(25)9-26-17-23-22-12(3)27-17)11(2)24(10)14-6-4-5-13(8-14)18(19,20)21/h4-8H,9H2,1-3H3. The monoisotopic (exact) mass is 411 g/mol. The Morgan fingerprint density at radius 2 is 1.93 bits per heavy atom. The lowest BCUT2D eigenvalue weighted by atomic mass is 10.1. The minimum absolute atomic E-state index is 0.0980. The van der Waals surface area contributed by atoms with Crippen LogP contribution >= 0.6 is 23.1 Å². The molecule has 3 rings (SSSR count). The van der Waals surface area contributed by atoms with E-state index in [1.807, 2.05) is 6.92 Å². The highest BCUT2D eigenvalue weighted by atomic mass is 32.2. The number of ketones is 1. The number of rotatable bonds is 5. The maximum atomic E-state index is 13.0. The number of carbonyl (C=O) groups excluding carboxylic acids is 1. The second kappa shape index (κ2) is 7.47. The lowest BCUT2D eigenvalue weighted by molar-refractivity contribution is -0.137. The minimum atomic E-state index is -4.42. The second-order valence-electron chi connectivity index (χ2n) is 5.97. The van der Waals surface area contributed by atoms with Gasteiger partial charge in [0.15, 0.2) is 10.1 Å². The van der Waals surface area contributed by atoms with Crippen molar-refractivity contribution < 1.29 is 18.0 Å². The van der Waals surface area contributed by atoms with Crippen molar-refractivity contribution in [3.63, 3.8) is 0 Å². The molecule has 0 aliphatic carbocycles. The number of halogens is 3. The average molecular weight is 411 g/mol. The van der Waals surface area contributed by atoms with Crippen LogP contribution in [-0.4, -0.2) is 26.3 Å². The Hall–Kier alpha value is -2.13. The lowest BCUT2D eigenvalue weighted by Gasteiger charge is -2.13. The topological polar surface area (TPSA) is 47.8 Å². The first kappa shape index (κ1) is 19.6. The Morgan fingerprint density at radius 1 is 1.19 bits per heavy atom. The molecule has 0 N–H and O–H groups in total. The first-order chi connectivity index (χ1) is 12.7. The van der Waals surface area contributed by atoms with E-state index in [2.05, 4.69) is 10.2 Å². The smallest absolute Gasteiger partial charge is 0.318 e. The molecule has 0 unspecified atom stereocenters. The number of Topliss-reactive ketones (excluding diaryl/α,β-unsaturated/α-hetero) is 1. The zero-order chi connectivity index (χ0) is 19.8. The summed E-state index contributed by atoms with van der Waals surface area (Å²) in [5.41, 5.74) is 1.48. The molecule has 1 aromatic carbocycles. The number of carbonyl (C=O) groups is 1. The maximum Gasteiger partial charge on any atom is 0.416 e. The highest BCUT2D eigenvalue weighted by molar-refractivity contribution is 8.01. The molecule has 9 heteroatoms. The van der Waals surface area contributed by atoms with E-state index < -0.39 is 11.7 Å². The number of hydrogen-bond donors (Lipinski definition) is 0. The van der Waals surface area contributed by atoms with Gasteiger partial charge in [-0.15, -0.1) is 10.2 Å². The van der Waals surface area contributed by atoms with Crippen molar-refractivity contribution >= 4 is 28.9 Å². The number of hydrogen-bond acceptors (Lipinski definition) is 5. The quantitative estimate of drug-likeness (QED) is 0.425. The first-order valence-electron chi connectivity index (χ1n) is 7.99. The summed E-state index contributed by atoms with van der Waals surface area (Å²) < 4.78 is 41.4. The fourth-order valence-corrected chi connectivity index (χ4v) is 4.50. The molecule has 3 aromatic rings. The van der Waals surface area contributed by atoms with Crippen molar-refractivity contribution in [1.82, 2.24) is 14.8 Å². The van der Waals surface area contributed by atoms with Gasteiger partial charge in [0, 0.05) is 22.6 Å². The zero-order valence-electron chi connectivity index (χ0n) is 14.8. The summed E-state index contributed by atoms with van der Waals surface area (Å²) in [7, 11) is 0. The van der Waals surface area contributed by atoms with Crippen molar-refractivity contribution in [1.29, 1.82) is 0 Å². The van der Waals surface area contributed by atoms with Crippen LogP contribution in [0.3, 0.4) is 0 Å². The molecule has 0 fully saturated rings. The minimum Gasteiger partial charge on any atom is -0.318 e. The van der Waals surface area contributed by atoms with Crippen LogP contribution in [0.1, 0.15) is 32.3 Å². The fourth-order valence-electron chi connectivity index (χ4n) is 2.81. The van der Waals surface area contributed by atoms with Crippen LogP contribution in [0.25, 0.3) is 5.69 Å². The zero-order valence-corrected chi connectivity index (χ0v) is 16.4. The van der Waals surface area contributed by atoms with Crippen LogP contribution < -0.4 is 0 Å². The van der Waals surface area contributed by atoms with Crippen LogP contribution in [0.5, 0.6) is 0 Å². The van der Waals surface area contributed by atoms with Gasteiger partial charge in [-0.2, -0.15) is 13.2 Å². The van der Waals surface area contributed by atoms with Gasteiger partial charge in [-0.25, -0.2) is 0 Å². The molecule has 0 bridgehead atoms. The van der Waals surface area contributed by atoms with Crippen molar-refractivity contribution in [3.8, 4) is 5.69 Å². The molecule has 0 saturated carbocycles. The molecule has 2 heterocycles. The molecule has 142 valence electrons. The SMILES string of the molecule is Cc1nnc(SCC(=O)c2cc(C)n(-c3cccc(C(F)(F)F)c3)c2C)s1. The summed E-state index contributed by atoms with van der Waals surface area (Å²) in [5.74, 6) is 0.0980. The van der Waals surface area contributed by atoms with Crippen LogP contribution in [-0.2, 0) is 6.18 Å². The molecular formula is C18H16F3N3OS2. The van der Waals surface area contributed by atoms with Crippen molar-refractivity contribution in [3.05, 3.63) is 57.9 Å². The second-order valence-corrected chi connectivity index (χ2v) is 8.37. The summed E-state index contributed by atoms with van der Waals surface area (Å²) in [6.45, 7) is 5.35. The van der Waals surface area contributed by atoms with Gasteiger partial charge in [0.1, 0.15) is 5.01 Å². The van der Waals surface area contributed by atoms with Crippen LogP contribution in [0.2, 0.25) is 0 Å². The van der Waals surface area contributed by atoms with E-state index in [0.717, 1.165) is 17.1 Å². The number of aryl methyl sites for hydroxylation is 2. The predicted molar refractivity (Wildman–Crippen MR) is 99.9 cm³/mol. The third-order valence-corrected chi connectivity index (χ3v) is 5.97. The highest BCUT2D eigenvalue weighted by Crippen LogP contribution is 2.32.